The van der Waals surface area contributed by atoms with E-state index in [0.717, 1.165) is 10.7 Å². The molecular weight excluding hydrogens is 158 g/mol. The van der Waals surface area contributed by atoms with Crippen LogP contribution in [0.25, 0.3) is 4.96 Å². The van der Waals surface area contributed by atoms with Crippen LogP contribution in [0.2, 0.25) is 0 Å². The molecule has 3 nitrogen and oxygen atoms in total. The fourth-order valence-electron chi connectivity index (χ4n) is 0.965. The van der Waals surface area contributed by atoms with E-state index in [1.165, 1.54) is 0 Å². The molecule has 2 rings (SSSR count). The highest BCUT2D eigenvalue weighted by Crippen LogP contribution is 2.14. The Labute approximate surface area is 68.5 Å². The summed E-state index contributed by atoms with van der Waals surface area (Å²) in [6.07, 6.45) is 3.95. The first-order chi connectivity index (χ1) is 5.27. The second kappa shape index (κ2) is 2.32. The summed E-state index contributed by atoms with van der Waals surface area (Å²) in [6.45, 7) is 1.94. The molecule has 0 spiro atoms. The predicted molar refractivity (Wildman–Crippen MR) is 45.7 cm³/mol. The zero-order chi connectivity index (χ0) is 7.84. The van der Waals surface area contributed by atoms with Crippen molar-refractivity contribution < 1.29 is 0 Å². The number of rotatable bonds is 1. The van der Waals surface area contributed by atoms with E-state index in [0.29, 0.717) is 0 Å². The second-order valence-corrected chi connectivity index (χ2v) is 3.42. The average molecular weight is 167 g/mol. The van der Waals surface area contributed by atoms with Crippen molar-refractivity contribution in [2.75, 3.05) is 0 Å². The lowest BCUT2D eigenvalue weighted by molar-refractivity contribution is 0.790. The van der Waals surface area contributed by atoms with Crippen molar-refractivity contribution in [3.05, 3.63) is 23.5 Å². The van der Waals surface area contributed by atoms with E-state index in [4.69, 9.17) is 5.73 Å². The van der Waals surface area contributed by atoms with Gasteiger partial charge in [-0.3, -0.25) is 4.40 Å². The molecule has 0 saturated heterocycles. The molecular formula is C7H9N3S. The van der Waals surface area contributed by atoms with Crippen molar-refractivity contribution in [2.24, 2.45) is 5.73 Å². The molecule has 1 atom stereocenters. The summed E-state index contributed by atoms with van der Waals surface area (Å²) in [4.78, 5) is 5.34. The first kappa shape index (κ1) is 6.82. The second-order valence-electron chi connectivity index (χ2n) is 2.55. The molecule has 0 amide bonds. The summed E-state index contributed by atoms with van der Waals surface area (Å²) in [5.74, 6) is 0. The van der Waals surface area contributed by atoms with Gasteiger partial charge in [0.1, 0.15) is 0 Å². The zero-order valence-corrected chi connectivity index (χ0v) is 7.01. The molecule has 0 aliphatic rings. The molecule has 2 aromatic heterocycles. The van der Waals surface area contributed by atoms with Crippen LogP contribution in [0.3, 0.4) is 0 Å². The quantitative estimate of drug-likeness (QED) is 0.698. The SMILES string of the molecule is C[C@H](N)c1cn2ccsc2n1. The molecule has 0 aliphatic carbocycles. The minimum absolute atomic E-state index is 0.0297. The Morgan fingerprint density at radius 2 is 2.55 bits per heavy atom. The van der Waals surface area contributed by atoms with Gasteiger partial charge in [-0.1, -0.05) is 0 Å². The van der Waals surface area contributed by atoms with Crippen LogP contribution in [0.1, 0.15) is 18.7 Å². The number of hydrogen-bond donors (Lipinski definition) is 1. The van der Waals surface area contributed by atoms with Gasteiger partial charge in [0.05, 0.1) is 5.69 Å². The van der Waals surface area contributed by atoms with E-state index in [1.54, 1.807) is 11.3 Å². The van der Waals surface area contributed by atoms with Crippen molar-refractivity contribution >= 4 is 16.3 Å². The smallest absolute Gasteiger partial charge is 0.193 e. The third kappa shape index (κ3) is 1.04. The van der Waals surface area contributed by atoms with Crippen LogP contribution in [0.15, 0.2) is 17.8 Å². The van der Waals surface area contributed by atoms with Gasteiger partial charge in [0, 0.05) is 23.8 Å². The minimum Gasteiger partial charge on any atom is -0.323 e. The van der Waals surface area contributed by atoms with E-state index >= 15 is 0 Å². The highest BCUT2D eigenvalue weighted by Gasteiger charge is 2.04. The van der Waals surface area contributed by atoms with Gasteiger partial charge in [-0.05, 0) is 6.92 Å². The lowest BCUT2D eigenvalue weighted by Gasteiger charge is -1.95. The molecule has 2 aromatic rings. The normalized spacial score (nSPS) is 14.0. The molecule has 0 saturated carbocycles. The van der Waals surface area contributed by atoms with Crippen LogP contribution in [0, 0.1) is 0 Å². The van der Waals surface area contributed by atoms with Crippen LogP contribution >= 0.6 is 11.3 Å². The Morgan fingerprint density at radius 3 is 3.18 bits per heavy atom. The van der Waals surface area contributed by atoms with Gasteiger partial charge in [0.25, 0.3) is 0 Å². The van der Waals surface area contributed by atoms with Crippen molar-refractivity contribution in [3.8, 4) is 0 Å². The van der Waals surface area contributed by atoms with E-state index in [9.17, 15) is 0 Å². The van der Waals surface area contributed by atoms with Gasteiger partial charge in [0.2, 0.25) is 0 Å². The summed E-state index contributed by atoms with van der Waals surface area (Å²) in [5, 5.41) is 2.01. The first-order valence-electron chi connectivity index (χ1n) is 3.45. The van der Waals surface area contributed by atoms with Crippen molar-refractivity contribution in [1.82, 2.24) is 9.38 Å². The van der Waals surface area contributed by atoms with Crippen LogP contribution in [-0.2, 0) is 0 Å². The Hall–Kier alpha value is -0.870. The van der Waals surface area contributed by atoms with Crippen molar-refractivity contribution in [3.63, 3.8) is 0 Å². The molecule has 11 heavy (non-hydrogen) atoms. The van der Waals surface area contributed by atoms with Crippen LogP contribution in [-0.4, -0.2) is 9.38 Å². The van der Waals surface area contributed by atoms with E-state index in [-0.39, 0.29) is 6.04 Å². The summed E-state index contributed by atoms with van der Waals surface area (Å²) >= 11 is 1.62. The van der Waals surface area contributed by atoms with Gasteiger partial charge in [-0.2, -0.15) is 0 Å². The number of imidazole rings is 1. The molecule has 4 heteroatoms. The summed E-state index contributed by atoms with van der Waals surface area (Å²) in [7, 11) is 0. The fourth-order valence-corrected chi connectivity index (χ4v) is 1.67. The third-order valence-electron chi connectivity index (χ3n) is 1.58. The minimum atomic E-state index is 0.0297. The lowest BCUT2D eigenvalue weighted by atomic mass is 10.3. The van der Waals surface area contributed by atoms with Gasteiger partial charge < -0.3 is 5.73 Å². The van der Waals surface area contributed by atoms with Crippen LogP contribution < -0.4 is 5.73 Å². The zero-order valence-electron chi connectivity index (χ0n) is 6.19. The fraction of sp³-hybridized carbons (Fsp3) is 0.286. The molecule has 0 unspecified atom stereocenters. The van der Waals surface area contributed by atoms with Crippen LogP contribution in [0.4, 0.5) is 0 Å². The molecule has 0 aromatic carbocycles. The molecule has 58 valence electrons. The van der Waals surface area contributed by atoms with Crippen molar-refractivity contribution in [1.29, 1.82) is 0 Å². The van der Waals surface area contributed by atoms with Crippen LogP contribution in [0.5, 0.6) is 0 Å². The molecule has 2 N–H and O–H groups in total. The standard InChI is InChI=1S/C7H9N3S/c1-5(8)6-4-10-2-3-11-7(10)9-6/h2-5H,8H2,1H3/t5-/m0/s1. The van der Waals surface area contributed by atoms with E-state index in [1.807, 2.05) is 29.1 Å². The lowest BCUT2D eigenvalue weighted by Crippen LogP contribution is -2.04. The number of nitrogens with zero attached hydrogens (tertiary/aromatic N) is 2. The largest absolute Gasteiger partial charge is 0.323 e. The monoisotopic (exact) mass is 167 g/mol. The Morgan fingerprint density at radius 1 is 1.73 bits per heavy atom. The molecule has 0 fully saturated rings. The highest BCUT2D eigenvalue weighted by atomic mass is 32.1. The number of fused-ring (bicyclic) bond motifs is 1. The summed E-state index contributed by atoms with van der Waals surface area (Å²) in [6, 6.07) is 0.0297. The molecule has 0 radical (unpaired) electrons. The van der Waals surface area contributed by atoms with Gasteiger partial charge >= 0.3 is 0 Å². The predicted octanol–water partition coefficient (Wildman–Crippen LogP) is 1.42. The maximum absolute atomic E-state index is 5.67. The molecule has 2 heterocycles. The summed E-state index contributed by atoms with van der Waals surface area (Å²) in [5.41, 5.74) is 6.62. The van der Waals surface area contributed by atoms with Gasteiger partial charge in [0.15, 0.2) is 4.96 Å². The number of aromatic nitrogens is 2. The Kier molecular flexibility index (Phi) is 1.44. The summed E-state index contributed by atoms with van der Waals surface area (Å²) < 4.78 is 1.99. The van der Waals surface area contributed by atoms with Gasteiger partial charge in [-0.25, -0.2) is 4.98 Å². The number of hydrogen-bond acceptors (Lipinski definition) is 3. The number of nitrogens with two attached hydrogens (primary N) is 1. The maximum atomic E-state index is 5.67. The maximum Gasteiger partial charge on any atom is 0.193 e. The molecule has 0 bridgehead atoms. The third-order valence-corrected chi connectivity index (χ3v) is 2.35. The first-order valence-corrected chi connectivity index (χ1v) is 4.33. The Bertz CT molecular complexity index is 332. The van der Waals surface area contributed by atoms with Gasteiger partial charge in [-0.15, -0.1) is 11.3 Å². The Balaban J connectivity index is 2.58. The number of thiazole rings is 1. The average Bonchev–Trinajstić information content (AvgIpc) is 2.40. The van der Waals surface area contributed by atoms with Crippen molar-refractivity contribution in [2.45, 2.75) is 13.0 Å². The van der Waals surface area contributed by atoms with E-state index < -0.39 is 0 Å². The highest BCUT2D eigenvalue weighted by molar-refractivity contribution is 7.15. The molecule has 0 aliphatic heterocycles. The topological polar surface area (TPSA) is 43.3 Å². The van der Waals surface area contributed by atoms with E-state index in [2.05, 4.69) is 4.98 Å².